The largest absolute Gasteiger partial charge is 0.316 e. The average molecular weight is 250 g/mol. The van der Waals surface area contributed by atoms with Gasteiger partial charge in [0.2, 0.25) is 0 Å². The molecule has 4 heteroatoms. The van der Waals surface area contributed by atoms with Crippen LogP contribution in [0.1, 0.15) is 25.0 Å². The van der Waals surface area contributed by atoms with Gasteiger partial charge in [-0.15, -0.1) is 0 Å². The van der Waals surface area contributed by atoms with E-state index in [2.05, 4.69) is 28.4 Å². The fraction of sp³-hybridized carbons (Fsp3) is 0.786. The van der Waals surface area contributed by atoms with Gasteiger partial charge in [0, 0.05) is 31.9 Å². The van der Waals surface area contributed by atoms with Crippen molar-refractivity contribution < 1.29 is 0 Å². The van der Waals surface area contributed by atoms with E-state index in [9.17, 15) is 0 Å². The number of hydrogen-bond donors (Lipinski definition) is 1. The fourth-order valence-corrected chi connectivity index (χ4v) is 2.64. The molecule has 2 rings (SSSR count). The summed E-state index contributed by atoms with van der Waals surface area (Å²) in [6.07, 6.45) is 7.02. The molecule has 1 aliphatic heterocycles. The van der Waals surface area contributed by atoms with Crippen LogP contribution >= 0.6 is 0 Å². The van der Waals surface area contributed by atoms with Gasteiger partial charge >= 0.3 is 0 Å². The first-order valence-corrected chi connectivity index (χ1v) is 7.12. The van der Waals surface area contributed by atoms with Gasteiger partial charge in [-0.1, -0.05) is 0 Å². The van der Waals surface area contributed by atoms with E-state index in [0.717, 1.165) is 25.4 Å². The molecule has 1 aromatic heterocycles. The van der Waals surface area contributed by atoms with E-state index in [1.807, 2.05) is 17.9 Å². The number of likely N-dealkylation sites (tertiary alicyclic amines) is 1. The number of nitrogens with zero attached hydrogens (tertiary/aromatic N) is 3. The van der Waals surface area contributed by atoms with Crippen molar-refractivity contribution in [3.8, 4) is 0 Å². The van der Waals surface area contributed by atoms with Crippen molar-refractivity contribution in [1.29, 1.82) is 0 Å². The quantitative estimate of drug-likeness (QED) is 0.772. The topological polar surface area (TPSA) is 33.1 Å². The predicted octanol–water partition coefficient (Wildman–Crippen LogP) is 1.28. The SMILES string of the molecule is CN1CCC(CCNCCc2ccnn2C)CC1. The van der Waals surface area contributed by atoms with Crippen molar-refractivity contribution in [1.82, 2.24) is 20.0 Å². The summed E-state index contributed by atoms with van der Waals surface area (Å²) in [7, 11) is 4.23. The Morgan fingerprint density at radius 3 is 2.72 bits per heavy atom. The van der Waals surface area contributed by atoms with Gasteiger partial charge in [-0.3, -0.25) is 4.68 Å². The summed E-state index contributed by atoms with van der Waals surface area (Å²) in [5.74, 6) is 0.936. The maximum Gasteiger partial charge on any atom is 0.0492 e. The maximum atomic E-state index is 4.18. The zero-order chi connectivity index (χ0) is 12.8. The molecule has 4 nitrogen and oxygen atoms in total. The van der Waals surface area contributed by atoms with Gasteiger partial charge in [0.05, 0.1) is 0 Å². The van der Waals surface area contributed by atoms with Gasteiger partial charge < -0.3 is 10.2 Å². The van der Waals surface area contributed by atoms with Crippen molar-refractivity contribution in [3.63, 3.8) is 0 Å². The minimum atomic E-state index is 0.936. The van der Waals surface area contributed by atoms with Crippen LogP contribution in [0.25, 0.3) is 0 Å². The van der Waals surface area contributed by atoms with Crippen molar-refractivity contribution >= 4 is 0 Å². The van der Waals surface area contributed by atoms with Crippen molar-refractivity contribution in [2.75, 3.05) is 33.2 Å². The second-order valence-electron chi connectivity index (χ2n) is 5.48. The molecule has 1 fully saturated rings. The maximum absolute atomic E-state index is 4.18. The molecule has 0 saturated carbocycles. The number of aromatic nitrogens is 2. The lowest BCUT2D eigenvalue weighted by molar-refractivity contribution is 0.212. The Balaban J connectivity index is 1.53. The number of aryl methyl sites for hydroxylation is 1. The molecule has 0 aromatic carbocycles. The standard InChI is InChI=1S/C14H26N4/c1-17-11-6-13(7-12-17)3-8-15-9-4-14-5-10-16-18(14)2/h5,10,13,15H,3-4,6-9,11-12H2,1-2H3. The molecule has 0 unspecified atom stereocenters. The van der Waals surface area contributed by atoms with E-state index >= 15 is 0 Å². The zero-order valence-electron chi connectivity index (χ0n) is 11.7. The van der Waals surface area contributed by atoms with Gasteiger partial charge in [-0.2, -0.15) is 5.10 Å². The predicted molar refractivity (Wildman–Crippen MR) is 74.6 cm³/mol. The first-order chi connectivity index (χ1) is 8.75. The van der Waals surface area contributed by atoms with Gasteiger partial charge in [0.15, 0.2) is 0 Å². The number of nitrogens with one attached hydrogen (secondary N) is 1. The van der Waals surface area contributed by atoms with E-state index in [1.54, 1.807) is 0 Å². The molecule has 1 N–H and O–H groups in total. The minimum absolute atomic E-state index is 0.936. The molecule has 18 heavy (non-hydrogen) atoms. The molecule has 102 valence electrons. The fourth-order valence-electron chi connectivity index (χ4n) is 2.64. The molecular formula is C14H26N4. The van der Waals surface area contributed by atoms with Crippen LogP contribution in [-0.2, 0) is 13.5 Å². The number of piperidine rings is 1. The zero-order valence-corrected chi connectivity index (χ0v) is 11.7. The summed E-state index contributed by atoms with van der Waals surface area (Å²) in [5.41, 5.74) is 1.31. The van der Waals surface area contributed by atoms with Crippen LogP contribution in [-0.4, -0.2) is 47.9 Å². The third-order valence-corrected chi connectivity index (χ3v) is 4.05. The normalized spacial score (nSPS) is 18.3. The number of rotatable bonds is 6. The molecule has 0 radical (unpaired) electrons. The molecule has 1 aliphatic rings. The first-order valence-electron chi connectivity index (χ1n) is 7.12. The summed E-state index contributed by atoms with van der Waals surface area (Å²) < 4.78 is 1.96. The highest BCUT2D eigenvalue weighted by Gasteiger charge is 2.15. The molecule has 0 bridgehead atoms. The summed E-state index contributed by atoms with van der Waals surface area (Å²) >= 11 is 0. The Kier molecular flexibility index (Phi) is 5.20. The van der Waals surface area contributed by atoms with E-state index in [0.29, 0.717) is 0 Å². The van der Waals surface area contributed by atoms with Crippen molar-refractivity contribution in [3.05, 3.63) is 18.0 Å². The average Bonchev–Trinajstić information content (AvgIpc) is 2.77. The Morgan fingerprint density at radius 2 is 2.06 bits per heavy atom. The lowest BCUT2D eigenvalue weighted by Crippen LogP contribution is -2.31. The Labute approximate surface area is 110 Å². The van der Waals surface area contributed by atoms with Gasteiger partial charge in [0.25, 0.3) is 0 Å². The molecule has 1 saturated heterocycles. The van der Waals surface area contributed by atoms with Crippen molar-refractivity contribution in [2.24, 2.45) is 13.0 Å². The highest BCUT2D eigenvalue weighted by Crippen LogP contribution is 2.18. The molecule has 1 aromatic rings. The monoisotopic (exact) mass is 250 g/mol. The summed E-state index contributed by atoms with van der Waals surface area (Å²) in [6, 6.07) is 2.10. The smallest absolute Gasteiger partial charge is 0.0492 e. The van der Waals surface area contributed by atoms with Crippen LogP contribution in [0.3, 0.4) is 0 Å². The second-order valence-corrected chi connectivity index (χ2v) is 5.48. The Bertz CT molecular complexity index is 339. The van der Waals surface area contributed by atoms with Crippen LogP contribution in [0.15, 0.2) is 12.3 Å². The second kappa shape index (κ2) is 6.90. The molecule has 0 atom stereocenters. The summed E-state index contributed by atoms with van der Waals surface area (Å²) in [4.78, 5) is 2.44. The Morgan fingerprint density at radius 1 is 1.28 bits per heavy atom. The number of hydrogen-bond acceptors (Lipinski definition) is 3. The molecular weight excluding hydrogens is 224 g/mol. The van der Waals surface area contributed by atoms with Crippen molar-refractivity contribution in [2.45, 2.75) is 25.7 Å². The lowest BCUT2D eigenvalue weighted by Gasteiger charge is -2.28. The first kappa shape index (κ1) is 13.6. The third-order valence-electron chi connectivity index (χ3n) is 4.05. The van der Waals surface area contributed by atoms with Crippen LogP contribution < -0.4 is 5.32 Å². The molecule has 2 heterocycles. The van der Waals surface area contributed by atoms with Crippen LogP contribution in [0, 0.1) is 5.92 Å². The van der Waals surface area contributed by atoms with E-state index in [1.165, 1.54) is 38.0 Å². The van der Waals surface area contributed by atoms with E-state index in [-0.39, 0.29) is 0 Å². The summed E-state index contributed by atoms with van der Waals surface area (Å²) in [6.45, 7) is 4.78. The molecule has 0 amide bonds. The van der Waals surface area contributed by atoms with E-state index in [4.69, 9.17) is 0 Å². The molecule has 0 spiro atoms. The summed E-state index contributed by atoms with van der Waals surface area (Å²) in [5, 5.41) is 7.73. The van der Waals surface area contributed by atoms with Gasteiger partial charge in [-0.25, -0.2) is 0 Å². The molecule has 0 aliphatic carbocycles. The van der Waals surface area contributed by atoms with Crippen LogP contribution in [0.4, 0.5) is 0 Å². The lowest BCUT2D eigenvalue weighted by atomic mass is 9.94. The minimum Gasteiger partial charge on any atom is -0.316 e. The van der Waals surface area contributed by atoms with Crippen LogP contribution in [0.2, 0.25) is 0 Å². The highest BCUT2D eigenvalue weighted by molar-refractivity contribution is 5.00. The third kappa shape index (κ3) is 4.10. The highest BCUT2D eigenvalue weighted by atomic mass is 15.3. The van der Waals surface area contributed by atoms with Gasteiger partial charge in [-0.05, 0) is 57.9 Å². The van der Waals surface area contributed by atoms with E-state index < -0.39 is 0 Å². The van der Waals surface area contributed by atoms with Gasteiger partial charge in [0.1, 0.15) is 0 Å². The van der Waals surface area contributed by atoms with Crippen LogP contribution in [0.5, 0.6) is 0 Å². The Hall–Kier alpha value is -0.870.